The number of nitrogens with zero attached hydrogens (tertiary/aromatic N) is 4. The molecule has 29 heavy (non-hydrogen) atoms. The highest BCUT2D eigenvalue weighted by atomic mass is 35.5. The van der Waals surface area contributed by atoms with Gasteiger partial charge in [-0.05, 0) is 30.3 Å². The molecular weight excluding hydrogens is 406 g/mol. The molecule has 0 spiro atoms. The lowest BCUT2D eigenvalue weighted by molar-refractivity contribution is 1.19. The number of H-pyrrole nitrogens is 1. The van der Waals surface area contributed by atoms with Crippen molar-refractivity contribution in [3.8, 4) is 28.6 Å². The first-order chi connectivity index (χ1) is 14.1. The van der Waals surface area contributed by atoms with E-state index < -0.39 is 0 Å². The Balaban J connectivity index is 1.85. The first-order valence-corrected chi connectivity index (χ1v) is 9.83. The van der Waals surface area contributed by atoms with Crippen LogP contribution in [-0.4, -0.2) is 19.9 Å². The molecule has 0 radical (unpaired) electrons. The summed E-state index contributed by atoms with van der Waals surface area (Å²) in [5.74, 6) is 0. The van der Waals surface area contributed by atoms with Crippen LogP contribution in [0.15, 0.2) is 58.8 Å². The third kappa shape index (κ3) is 3.05. The summed E-state index contributed by atoms with van der Waals surface area (Å²) in [7, 11) is 0. The highest BCUT2D eigenvalue weighted by Crippen LogP contribution is 2.36. The van der Waals surface area contributed by atoms with E-state index in [4.69, 9.17) is 16.6 Å². The largest absolute Gasteiger partial charge is 0.305 e. The van der Waals surface area contributed by atoms with Crippen LogP contribution < -0.4 is 5.56 Å². The minimum absolute atomic E-state index is 0.259. The molecule has 3 heterocycles. The Morgan fingerprint density at radius 1 is 1.03 bits per heavy atom. The Morgan fingerprint density at radius 3 is 2.76 bits per heavy atom. The zero-order valence-corrected chi connectivity index (χ0v) is 16.3. The summed E-state index contributed by atoms with van der Waals surface area (Å²) in [6.45, 7) is 0. The van der Waals surface area contributed by atoms with Crippen LogP contribution >= 0.6 is 22.9 Å². The van der Waals surface area contributed by atoms with E-state index in [0.717, 1.165) is 21.3 Å². The zero-order valence-electron chi connectivity index (χ0n) is 14.7. The van der Waals surface area contributed by atoms with E-state index in [-0.39, 0.29) is 5.56 Å². The second-order valence-corrected chi connectivity index (χ2v) is 7.62. The summed E-state index contributed by atoms with van der Waals surface area (Å²) in [5, 5.41) is 9.80. The Labute approximate surface area is 173 Å². The molecule has 3 aromatic heterocycles. The summed E-state index contributed by atoms with van der Waals surface area (Å²) >= 11 is 7.93. The Bertz CT molecular complexity index is 1520. The predicted octanol–water partition coefficient (Wildman–Crippen LogP) is 4.79. The molecule has 0 saturated carbocycles. The van der Waals surface area contributed by atoms with Gasteiger partial charge < -0.3 is 4.98 Å². The lowest BCUT2D eigenvalue weighted by Gasteiger charge is -2.11. The maximum absolute atomic E-state index is 11.8. The fraction of sp³-hybridized carbons (Fsp3) is 0. The standard InChI is InChI=1S/C21H10ClN5OS/c22-14-7-13(8-16-20(14)24-10-29-16)19-18(12-3-1-2-11(6-12)9-23)27-21-15(25-19)4-5-17(28)26-21/h1-8,10H,(H,26,27,28). The minimum atomic E-state index is -0.259. The molecule has 0 fully saturated rings. The molecule has 6 nitrogen and oxygen atoms in total. The molecule has 0 saturated heterocycles. The van der Waals surface area contributed by atoms with Crippen molar-refractivity contribution >= 4 is 44.3 Å². The molecule has 0 unspecified atom stereocenters. The van der Waals surface area contributed by atoms with Crippen molar-refractivity contribution in [1.29, 1.82) is 5.26 Å². The summed E-state index contributed by atoms with van der Waals surface area (Å²) in [4.78, 5) is 28.2. The van der Waals surface area contributed by atoms with Crippen LogP contribution in [-0.2, 0) is 0 Å². The number of fused-ring (bicyclic) bond motifs is 2. The number of rotatable bonds is 2. The highest BCUT2D eigenvalue weighted by molar-refractivity contribution is 7.16. The van der Waals surface area contributed by atoms with E-state index >= 15 is 0 Å². The highest BCUT2D eigenvalue weighted by Gasteiger charge is 2.16. The third-order valence-electron chi connectivity index (χ3n) is 4.49. The van der Waals surface area contributed by atoms with Gasteiger partial charge in [-0.2, -0.15) is 5.26 Å². The molecular formula is C21H10ClN5OS. The fourth-order valence-corrected chi connectivity index (χ4v) is 4.23. The van der Waals surface area contributed by atoms with Crippen LogP contribution in [0.4, 0.5) is 0 Å². The second kappa shape index (κ2) is 6.78. The van der Waals surface area contributed by atoms with Crippen LogP contribution in [0.3, 0.4) is 0 Å². The number of aromatic nitrogens is 4. The Kier molecular flexibility index (Phi) is 4.09. The Hall–Kier alpha value is -3.60. The molecule has 0 amide bonds. The summed E-state index contributed by atoms with van der Waals surface area (Å²) in [6.07, 6.45) is 0. The summed E-state index contributed by atoms with van der Waals surface area (Å²) < 4.78 is 0.938. The first-order valence-electron chi connectivity index (χ1n) is 8.57. The average Bonchev–Trinajstić information content (AvgIpc) is 3.22. The summed E-state index contributed by atoms with van der Waals surface area (Å²) in [5.41, 5.74) is 6.33. The number of hydrogen-bond donors (Lipinski definition) is 1. The van der Waals surface area contributed by atoms with E-state index in [1.165, 1.54) is 17.4 Å². The number of halogens is 1. The molecule has 138 valence electrons. The molecule has 1 N–H and O–H groups in total. The van der Waals surface area contributed by atoms with Gasteiger partial charge in [0.25, 0.3) is 0 Å². The van der Waals surface area contributed by atoms with Gasteiger partial charge in [0.15, 0.2) is 5.65 Å². The maximum atomic E-state index is 11.8. The number of nitrogens with one attached hydrogen (secondary N) is 1. The SMILES string of the molecule is N#Cc1cccc(-c2nc3[nH]c(=O)ccc3nc2-c2cc(Cl)c3ncsc3c2)c1. The van der Waals surface area contributed by atoms with E-state index in [9.17, 15) is 10.1 Å². The van der Waals surface area contributed by atoms with Crippen molar-refractivity contribution in [2.45, 2.75) is 0 Å². The molecule has 2 aromatic carbocycles. The lowest BCUT2D eigenvalue weighted by Crippen LogP contribution is -2.06. The van der Waals surface area contributed by atoms with Crippen molar-refractivity contribution in [1.82, 2.24) is 19.9 Å². The normalized spacial score (nSPS) is 11.0. The first kappa shape index (κ1) is 17.5. The molecule has 0 aliphatic carbocycles. The van der Waals surface area contributed by atoms with Gasteiger partial charge >= 0.3 is 0 Å². The zero-order chi connectivity index (χ0) is 20.0. The van der Waals surface area contributed by atoms with Gasteiger partial charge in [0, 0.05) is 17.2 Å². The molecule has 5 aromatic rings. The number of hydrogen-bond acceptors (Lipinski definition) is 6. The van der Waals surface area contributed by atoms with E-state index in [1.54, 1.807) is 29.8 Å². The number of pyridine rings is 1. The van der Waals surface area contributed by atoms with Gasteiger partial charge in [-0.25, -0.2) is 15.0 Å². The molecule has 0 aliphatic heterocycles. The number of aromatic amines is 1. The predicted molar refractivity (Wildman–Crippen MR) is 114 cm³/mol. The third-order valence-corrected chi connectivity index (χ3v) is 5.55. The van der Waals surface area contributed by atoms with E-state index in [0.29, 0.717) is 33.1 Å². The van der Waals surface area contributed by atoms with Crippen molar-refractivity contribution in [2.75, 3.05) is 0 Å². The molecule has 5 rings (SSSR count). The molecule has 8 heteroatoms. The van der Waals surface area contributed by atoms with Crippen molar-refractivity contribution in [3.05, 3.63) is 75.0 Å². The lowest BCUT2D eigenvalue weighted by atomic mass is 10.0. The van der Waals surface area contributed by atoms with Gasteiger partial charge in [0.1, 0.15) is 5.52 Å². The van der Waals surface area contributed by atoms with Gasteiger partial charge in [-0.1, -0.05) is 23.7 Å². The van der Waals surface area contributed by atoms with Crippen LogP contribution in [0.25, 0.3) is 43.9 Å². The van der Waals surface area contributed by atoms with Crippen molar-refractivity contribution < 1.29 is 0 Å². The number of benzene rings is 2. The number of thiazole rings is 1. The molecule has 0 bridgehead atoms. The van der Waals surface area contributed by atoms with Crippen LogP contribution in [0, 0.1) is 11.3 Å². The van der Waals surface area contributed by atoms with Crippen molar-refractivity contribution in [3.63, 3.8) is 0 Å². The Morgan fingerprint density at radius 2 is 1.90 bits per heavy atom. The van der Waals surface area contributed by atoms with Gasteiger partial charge in [-0.3, -0.25) is 4.79 Å². The minimum Gasteiger partial charge on any atom is -0.305 e. The average molecular weight is 416 g/mol. The van der Waals surface area contributed by atoms with Crippen LogP contribution in [0.5, 0.6) is 0 Å². The van der Waals surface area contributed by atoms with Gasteiger partial charge in [0.2, 0.25) is 5.56 Å². The maximum Gasteiger partial charge on any atom is 0.249 e. The summed E-state index contributed by atoms with van der Waals surface area (Å²) in [6, 6.07) is 16.1. The van der Waals surface area contributed by atoms with E-state index in [2.05, 4.69) is 21.0 Å². The molecule has 0 atom stereocenters. The quantitative estimate of drug-likeness (QED) is 0.447. The number of nitriles is 1. The smallest absolute Gasteiger partial charge is 0.249 e. The fourth-order valence-electron chi connectivity index (χ4n) is 3.17. The van der Waals surface area contributed by atoms with E-state index in [1.807, 2.05) is 18.2 Å². The topological polar surface area (TPSA) is 95.3 Å². The second-order valence-electron chi connectivity index (χ2n) is 6.33. The van der Waals surface area contributed by atoms with Crippen LogP contribution in [0.1, 0.15) is 5.56 Å². The van der Waals surface area contributed by atoms with Crippen molar-refractivity contribution in [2.24, 2.45) is 0 Å². The molecule has 0 aliphatic rings. The van der Waals surface area contributed by atoms with Crippen LogP contribution in [0.2, 0.25) is 5.02 Å². The van der Waals surface area contributed by atoms with Gasteiger partial charge in [0.05, 0.1) is 43.8 Å². The van der Waals surface area contributed by atoms with Gasteiger partial charge in [-0.15, -0.1) is 11.3 Å². The monoisotopic (exact) mass is 415 g/mol.